The summed E-state index contributed by atoms with van der Waals surface area (Å²) in [5.74, 6) is -2.52. The van der Waals surface area contributed by atoms with Crippen LogP contribution in [0.15, 0.2) is 53.1 Å². The molecule has 2 fully saturated rings. The van der Waals surface area contributed by atoms with Crippen molar-refractivity contribution in [2.75, 3.05) is 7.11 Å². The summed E-state index contributed by atoms with van der Waals surface area (Å²) in [5, 5.41) is 22.6. The van der Waals surface area contributed by atoms with Crippen molar-refractivity contribution >= 4 is 41.9 Å². The van der Waals surface area contributed by atoms with Crippen LogP contribution in [-0.4, -0.2) is 53.3 Å². The van der Waals surface area contributed by atoms with Gasteiger partial charge in [-0.3, -0.25) is 9.59 Å². The molecule has 0 aromatic heterocycles. The van der Waals surface area contributed by atoms with E-state index < -0.39 is 43.0 Å². The van der Waals surface area contributed by atoms with Gasteiger partial charge < -0.3 is 19.5 Å². The highest BCUT2D eigenvalue weighted by molar-refractivity contribution is 6.43. The topological polar surface area (TPSA) is 113 Å². The molecule has 198 valence electrons. The molecular formula is C29H32BNO7. The first kappa shape index (κ1) is 26.2. The van der Waals surface area contributed by atoms with Gasteiger partial charge in [0.25, 0.3) is 0 Å². The molecule has 2 heterocycles. The van der Waals surface area contributed by atoms with Gasteiger partial charge in [-0.1, -0.05) is 54.5 Å². The summed E-state index contributed by atoms with van der Waals surface area (Å²) in [4.78, 5) is 39.1. The molecule has 1 aliphatic carbocycles. The molecule has 2 aromatic carbocycles. The van der Waals surface area contributed by atoms with Crippen molar-refractivity contribution in [1.82, 2.24) is 4.90 Å². The van der Waals surface area contributed by atoms with E-state index in [0.29, 0.717) is 30.6 Å². The van der Waals surface area contributed by atoms with E-state index in [1.165, 1.54) is 0 Å². The average Bonchev–Trinajstić information content (AvgIpc) is 3.17. The molecule has 0 radical (unpaired) electrons. The molecule has 2 aliphatic heterocycles. The van der Waals surface area contributed by atoms with Crippen LogP contribution in [0.3, 0.4) is 0 Å². The molecule has 3 aliphatic rings. The largest absolute Gasteiger partial charge is 0.507 e. The highest BCUT2D eigenvalue weighted by atomic mass is 16.5. The smallest absolute Gasteiger partial charge is 0.455 e. The Bertz CT molecular complexity index is 1370. The predicted molar refractivity (Wildman–Crippen MR) is 143 cm³/mol. The minimum atomic E-state index is -1.06. The van der Waals surface area contributed by atoms with Crippen LogP contribution in [0.2, 0.25) is 6.32 Å². The van der Waals surface area contributed by atoms with Gasteiger partial charge in [0.15, 0.2) is 0 Å². The average molecular weight is 517 g/mol. The standard InChI is InChI=1S/C29H32BNO7/c1-4-17-14-21-26(28(34)31(27(21)33)29(35)37-3)22-15-30(36)38-24(25(17)22)12-9-16(2)13-18-10-11-23(32)20-8-6-5-7-19(18)20/h5-8,10-11,13,21-22,24,26,32,36H,4,9,12,14-15H2,1-3H3/b16-13+/t21-,22+,24-,26-/m1/s1. The van der Waals surface area contributed by atoms with Crippen molar-refractivity contribution < 1.29 is 33.9 Å². The third-order valence-corrected chi connectivity index (χ3v) is 8.23. The number of nitrogens with zero attached hydrogens (tertiary/aromatic N) is 1. The number of carbonyl (C=O) groups excluding carboxylic acids is 3. The molecule has 8 nitrogen and oxygen atoms in total. The number of phenolic OH excluding ortho intramolecular Hbond substituents is 1. The van der Waals surface area contributed by atoms with Crippen LogP contribution in [-0.2, 0) is 19.0 Å². The zero-order valence-corrected chi connectivity index (χ0v) is 21.8. The van der Waals surface area contributed by atoms with E-state index in [2.05, 4.69) is 6.08 Å². The number of rotatable bonds is 5. The summed E-state index contributed by atoms with van der Waals surface area (Å²) in [6.07, 6.45) is 3.33. The Hall–Kier alpha value is -3.43. The molecular weight excluding hydrogens is 485 g/mol. The zero-order chi connectivity index (χ0) is 27.1. The van der Waals surface area contributed by atoms with Crippen LogP contribution in [0.1, 0.15) is 45.1 Å². The summed E-state index contributed by atoms with van der Waals surface area (Å²) in [6, 6.07) is 11.3. The quantitative estimate of drug-likeness (QED) is 0.336. The molecule has 0 bridgehead atoms. The molecule has 4 atom stereocenters. The summed E-state index contributed by atoms with van der Waals surface area (Å²) in [6.45, 7) is 4.06. The van der Waals surface area contributed by atoms with Crippen LogP contribution >= 0.6 is 0 Å². The van der Waals surface area contributed by atoms with Crippen LogP contribution in [0.25, 0.3) is 16.8 Å². The Morgan fingerprint density at radius 2 is 1.89 bits per heavy atom. The van der Waals surface area contributed by atoms with Gasteiger partial charge in [0.1, 0.15) is 5.75 Å². The number of imide groups is 3. The first-order chi connectivity index (χ1) is 18.2. The summed E-state index contributed by atoms with van der Waals surface area (Å²) in [7, 11) is 0.0860. The maximum atomic E-state index is 13.2. The Labute approximate surface area is 222 Å². The lowest BCUT2D eigenvalue weighted by Crippen LogP contribution is -2.46. The Balaban J connectivity index is 1.41. The number of benzene rings is 2. The first-order valence-electron chi connectivity index (χ1n) is 13.1. The summed E-state index contributed by atoms with van der Waals surface area (Å²) in [5.41, 5.74) is 4.17. The molecule has 38 heavy (non-hydrogen) atoms. The highest BCUT2D eigenvalue weighted by Crippen LogP contribution is 2.51. The number of hydrogen-bond acceptors (Lipinski definition) is 7. The fourth-order valence-corrected chi connectivity index (χ4v) is 6.50. The second-order valence-corrected chi connectivity index (χ2v) is 10.4. The van der Waals surface area contributed by atoms with Gasteiger partial charge in [-0.2, -0.15) is 4.90 Å². The van der Waals surface area contributed by atoms with E-state index in [1.54, 1.807) is 6.07 Å². The SMILES string of the molecule is CCC1=C2[C@@H](CC/C(C)=C/c3ccc(O)c4ccccc34)OB(O)C[C@@H]2[C@@H]2C(=O)N(C(=O)OC)C(=O)[C@@H]2C1. The maximum Gasteiger partial charge on any atom is 0.455 e. The molecule has 0 saturated carbocycles. The Kier molecular flexibility index (Phi) is 7.16. The third-order valence-electron chi connectivity index (χ3n) is 8.23. The van der Waals surface area contributed by atoms with E-state index >= 15 is 0 Å². The zero-order valence-electron chi connectivity index (χ0n) is 21.8. The van der Waals surface area contributed by atoms with E-state index in [9.17, 15) is 24.5 Å². The second kappa shape index (κ2) is 10.4. The fourth-order valence-electron chi connectivity index (χ4n) is 6.50. The number of likely N-dealkylation sites (tertiary alicyclic amines) is 1. The number of hydrogen-bond donors (Lipinski definition) is 2. The fraction of sp³-hybridized carbons (Fsp3) is 0.414. The molecule has 5 rings (SSSR count). The monoisotopic (exact) mass is 517 g/mol. The Morgan fingerprint density at radius 3 is 2.61 bits per heavy atom. The predicted octanol–water partition coefficient (Wildman–Crippen LogP) is 4.70. The molecule has 3 amide bonds. The number of amides is 3. The molecule has 9 heteroatoms. The van der Waals surface area contributed by atoms with Crippen molar-refractivity contribution in [3.05, 3.63) is 58.7 Å². The van der Waals surface area contributed by atoms with Crippen LogP contribution < -0.4 is 0 Å². The van der Waals surface area contributed by atoms with Gasteiger partial charge in [0.05, 0.1) is 25.0 Å². The lowest BCUT2D eigenvalue weighted by atomic mass is 9.58. The maximum absolute atomic E-state index is 13.2. The van der Waals surface area contributed by atoms with Crippen molar-refractivity contribution in [3.8, 4) is 5.75 Å². The van der Waals surface area contributed by atoms with Crippen LogP contribution in [0.5, 0.6) is 5.75 Å². The van der Waals surface area contributed by atoms with Gasteiger partial charge in [0, 0.05) is 5.39 Å². The van der Waals surface area contributed by atoms with Gasteiger partial charge in [-0.15, -0.1) is 0 Å². The van der Waals surface area contributed by atoms with Crippen molar-refractivity contribution in [1.29, 1.82) is 0 Å². The van der Waals surface area contributed by atoms with Crippen molar-refractivity contribution in [2.45, 2.75) is 52.0 Å². The second-order valence-electron chi connectivity index (χ2n) is 10.4. The molecule has 0 unspecified atom stereocenters. The molecule has 2 aromatic rings. The van der Waals surface area contributed by atoms with Crippen molar-refractivity contribution in [2.24, 2.45) is 17.8 Å². The van der Waals surface area contributed by atoms with Gasteiger partial charge >= 0.3 is 13.2 Å². The number of aromatic hydroxyl groups is 1. The molecule has 0 spiro atoms. The number of ether oxygens (including phenoxy) is 1. The van der Waals surface area contributed by atoms with E-state index in [1.807, 2.05) is 44.2 Å². The molecule has 2 N–H and O–H groups in total. The van der Waals surface area contributed by atoms with E-state index in [-0.39, 0.29) is 18.0 Å². The van der Waals surface area contributed by atoms with Gasteiger partial charge in [-0.05, 0) is 67.4 Å². The third kappa shape index (κ3) is 4.43. The Morgan fingerprint density at radius 1 is 1.16 bits per heavy atom. The normalized spacial score (nSPS) is 25.6. The summed E-state index contributed by atoms with van der Waals surface area (Å²) >= 11 is 0. The minimum Gasteiger partial charge on any atom is -0.507 e. The first-order valence-corrected chi connectivity index (χ1v) is 13.1. The van der Waals surface area contributed by atoms with Gasteiger partial charge in [0.2, 0.25) is 11.8 Å². The molecule has 2 saturated heterocycles. The number of allylic oxidation sites excluding steroid dienone is 2. The van der Waals surface area contributed by atoms with Crippen molar-refractivity contribution in [3.63, 3.8) is 0 Å². The number of methoxy groups -OCH3 is 1. The van der Waals surface area contributed by atoms with Crippen LogP contribution in [0, 0.1) is 17.8 Å². The van der Waals surface area contributed by atoms with E-state index in [0.717, 1.165) is 40.2 Å². The number of phenols is 1. The minimum absolute atomic E-state index is 0.207. The number of carbonyl (C=O) groups is 3. The lowest BCUT2D eigenvalue weighted by Gasteiger charge is -2.43. The van der Waals surface area contributed by atoms with E-state index in [4.69, 9.17) is 9.39 Å². The number of fused-ring (bicyclic) bond motifs is 4. The van der Waals surface area contributed by atoms with Crippen LogP contribution in [0.4, 0.5) is 4.79 Å². The van der Waals surface area contributed by atoms with Gasteiger partial charge in [-0.25, -0.2) is 4.79 Å². The summed E-state index contributed by atoms with van der Waals surface area (Å²) < 4.78 is 10.7. The lowest BCUT2D eigenvalue weighted by molar-refractivity contribution is -0.137. The highest BCUT2D eigenvalue weighted by Gasteiger charge is 2.58.